The molecule has 1 saturated heterocycles. The maximum Gasteiger partial charge on any atom is 0.306 e. The van der Waals surface area contributed by atoms with Crippen molar-refractivity contribution >= 4 is 5.97 Å². The van der Waals surface area contributed by atoms with E-state index in [0.29, 0.717) is 17.9 Å². The van der Waals surface area contributed by atoms with Gasteiger partial charge in [-0.15, -0.1) is 0 Å². The lowest BCUT2D eigenvalue weighted by Crippen LogP contribution is -2.11. The van der Waals surface area contributed by atoms with Crippen LogP contribution in [0.1, 0.15) is 31.2 Å². The first kappa shape index (κ1) is 15.6. The van der Waals surface area contributed by atoms with E-state index in [1.807, 2.05) is 12.1 Å². The summed E-state index contributed by atoms with van der Waals surface area (Å²) < 4.78 is 21.2. The summed E-state index contributed by atoms with van der Waals surface area (Å²) in [5.41, 5.74) is 0.794. The Bertz CT molecular complexity index is 466. The van der Waals surface area contributed by atoms with Gasteiger partial charge in [0, 0.05) is 18.6 Å². The Balaban J connectivity index is 1.82. The van der Waals surface area contributed by atoms with Crippen LogP contribution in [0.2, 0.25) is 0 Å². The number of methoxy groups -OCH3 is 2. The Morgan fingerprint density at radius 1 is 1.33 bits per heavy atom. The highest BCUT2D eigenvalue weighted by Crippen LogP contribution is 2.25. The highest BCUT2D eigenvalue weighted by atomic mass is 16.5. The fourth-order valence-electron chi connectivity index (χ4n) is 2.38. The second-order valence-corrected chi connectivity index (χ2v) is 5.01. The Labute approximate surface area is 125 Å². The molecule has 1 unspecified atom stereocenters. The summed E-state index contributed by atoms with van der Waals surface area (Å²) in [7, 11) is 3.18. The van der Waals surface area contributed by atoms with Gasteiger partial charge < -0.3 is 18.9 Å². The number of esters is 1. The van der Waals surface area contributed by atoms with Crippen LogP contribution in [0.25, 0.3) is 0 Å². The molecule has 21 heavy (non-hydrogen) atoms. The Morgan fingerprint density at radius 3 is 2.86 bits per heavy atom. The van der Waals surface area contributed by atoms with Gasteiger partial charge in [-0.1, -0.05) is 0 Å². The zero-order valence-electron chi connectivity index (χ0n) is 12.6. The zero-order chi connectivity index (χ0) is 15.1. The van der Waals surface area contributed by atoms with Crippen molar-refractivity contribution in [1.29, 1.82) is 0 Å². The molecule has 5 nitrogen and oxygen atoms in total. The van der Waals surface area contributed by atoms with Crippen molar-refractivity contribution in [2.24, 2.45) is 0 Å². The van der Waals surface area contributed by atoms with Crippen LogP contribution in [0.3, 0.4) is 0 Å². The van der Waals surface area contributed by atoms with Crippen molar-refractivity contribution in [3.8, 4) is 11.5 Å². The summed E-state index contributed by atoms with van der Waals surface area (Å²) in [6.45, 7) is 0.992. The molecule has 0 bridgehead atoms. The van der Waals surface area contributed by atoms with E-state index < -0.39 is 0 Å². The molecule has 0 saturated carbocycles. The summed E-state index contributed by atoms with van der Waals surface area (Å²) in [6, 6.07) is 5.42. The fraction of sp³-hybridized carbons (Fsp3) is 0.562. The molecule has 1 heterocycles. The summed E-state index contributed by atoms with van der Waals surface area (Å²) in [5.74, 6) is 1.18. The van der Waals surface area contributed by atoms with Gasteiger partial charge in [-0.3, -0.25) is 4.79 Å². The molecule has 1 aliphatic heterocycles. The monoisotopic (exact) mass is 294 g/mol. The number of ether oxygens (including phenoxy) is 4. The van der Waals surface area contributed by atoms with Gasteiger partial charge in [-0.2, -0.15) is 0 Å². The van der Waals surface area contributed by atoms with Crippen LogP contribution >= 0.6 is 0 Å². The molecule has 0 N–H and O–H groups in total. The second kappa shape index (κ2) is 7.88. The average Bonchev–Trinajstić information content (AvgIpc) is 3.04. The van der Waals surface area contributed by atoms with Gasteiger partial charge in [0.05, 0.1) is 20.3 Å². The highest BCUT2D eigenvalue weighted by Gasteiger charge is 2.17. The Kier molecular flexibility index (Phi) is 5.87. The number of carbonyl (C=O) groups is 1. The normalized spacial score (nSPS) is 17.5. The molecular weight excluding hydrogens is 272 g/mol. The molecule has 0 radical (unpaired) electrons. The summed E-state index contributed by atoms with van der Waals surface area (Å²) in [4.78, 5) is 11.8. The number of rotatable bonds is 7. The van der Waals surface area contributed by atoms with E-state index in [1.165, 1.54) is 0 Å². The molecule has 0 spiro atoms. The van der Waals surface area contributed by atoms with Crippen LogP contribution in [-0.4, -0.2) is 32.9 Å². The third-order valence-electron chi connectivity index (χ3n) is 3.57. The molecule has 116 valence electrons. The Hall–Kier alpha value is -1.75. The maximum atomic E-state index is 11.8. The average molecular weight is 294 g/mol. The van der Waals surface area contributed by atoms with Crippen LogP contribution in [0.5, 0.6) is 11.5 Å². The SMILES string of the molecule is COc1ccc(OC)c(COC(=O)CCC2CCCO2)c1. The molecule has 5 heteroatoms. The third kappa shape index (κ3) is 4.63. The molecule has 1 aliphatic rings. The smallest absolute Gasteiger partial charge is 0.306 e. The summed E-state index contributed by atoms with van der Waals surface area (Å²) in [5, 5.41) is 0. The van der Waals surface area contributed by atoms with Crippen molar-refractivity contribution in [3.63, 3.8) is 0 Å². The van der Waals surface area contributed by atoms with Crippen LogP contribution in [0.4, 0.5) is 0 Å². The zero-order valence-corrected chi connectivity index (χ0v) is 12.6. The number of benzene rings is 1. The maximum absolute atomic E-state index is 11.8. The minimum atomic E-state index is -0.213. The second-order valence-electron chi connectivity index (χ2n) is 5.01. The van der Waals surface area contributed by atoms with Gasteiger partial charge in [0.15, 0.2) is 0 Å². The lowest BCUT2D eigenvalue weighted by atomic mass is 10.1. The van der Waals surface area contributed by atoms with Crippen LogP contribution in [0, 0.1) is 0 Å². The Morgan fingerprint density at radius 2 is 2.19 bits per heavy atom. The van der Waals surface area contributed by atoms with Gasteiger partial charge in [0.25, 0.3) is 0 Å². The molecule has 1 atom stereocenters. The van der Waals surface area contributed by atoms with Crippen LogP contribution in [0.15, 0.2) is 18.2 Å². The van der Waals surface area contributed by atoms with E-state index in [0.717, 1.165) is 31.4 Å². The lowest BCUT2D eigenvalue weighted by molar-refractivity contribution is -0.145. The van der Waals surface area contributed by atoms with Gasteiger partial charge in [0.2, 0.25) is 0 Å². The van der Waals surface area contributed by atoms with Gasteiger partial charge >= 0.3 is 5.97 Å². The van der Waals surface area contributed by atoms with E-state index in [9.17, 15) is 4.79 Å². The van der Waals surface area contributed by atoms with Crippen molar-refractivity contribution in [2.45, 2.75) is 38.4 Å². The minimum absolute atomic E-state index is 0.185. The molecule has 1 fully saturated rings. The molecule has 2 rings (SSSR count). The number of carbonyl (C=O) groups excluding carboxylic acids is 1. The summed E-state index contributed by atoms with van der Waals surface area (Å²) >= 11 is 0. The predicted octanol–water partition coefficient (Wildman–Crippen LogP) is 2.71. The van der Waals surface area contributed by atoms with Gasteiger partial charge in [-0.05, 0) is 37.5 Å². The number of hydrogen-bond acceptors (Lipinski definition) is 5. The lowest BCUT2D eigenvalue weighted by Gasteiger charge is -2.12. The quantitative estimate of drug-likeness (QED) is 0.724. The van der Waals surface area contributed by atoms with Gasteiger partial charge in [0.1, 0.15) is 18.1 Å². The molecule has 0 aliphatic carbocycles. The van der Waals surface area contributed by atoms with E-state index in [-0.39, 0.29) is 18.7 Å². The number of hydrogen-bond donors (Lipinski definition) is 0. The summed E-state index contributed by atoms with van der Waals surface area (Å²) in [6.07, 6.45) is 3.45. The first-order valence-electron chi connectivity index (χ1n) is 7.21. The van der Waals surface area contributed by atoms with Crippen molar-refractivity contribution in [1.82, 2.24) is 0 Å². The van der Waals surface area contributed by atoms with Crippen LogP contribution in [-0.2, 0) is 20.9 Å². The van der Waals surface area contributed by atoms with Crippen molar-refractivity contribution in [2.75, 3.05) is 20.8 Å². The van der Waals surface area contributed by atoms with Gasteiger partial charge in [-0.25, -0.2) is 0 Å². The largest absolute Gasteiger partial charge is 0.497 e. The first-order chi connectivity index (χ1) is 10.2. The highest BCUT2D eigenvalue weighted by molar-refractivity contribution is 5.69. The van der Waals surface area contributed by atoms with E-state index in [4.69, 9.17) is 18.9 Å². The van der Waals surface area contributed by atoms with Crippen LogP contribution < -0.4 is 9.47 Å². The van der Waals surface area contributed by atoms with Crippen molar-refractivity contribution in [3.05, 3.63) is 23.8 Å². The first-order valence-corrected chi connectivity index (χ1v) is 7.21. The van der Waals surface area contributed by atoms with E-state index in [1.54, 1.807) is 20.3 Å². The fourth-order valence-corrected chi connectivity index (χ4v) is 2.38. The topological polar surface area (TPSA) is 54.0 Å². The molecular formula is C16H22O5. The molecule has 0 aromatic heterocycles. The minimum Gasteiger partial charge on any atom is -0.497 e. The molecule has 1 aromatic rings. The molecule has 0 amide bonds. The van der Waals surface area contributed by atoms with E-state index in [2.05, 4.69) is 0 Å². The third-order valence-corrected chi connectivity index (χ3v) is 3.57. The molecule has 1 aromatic carbocycles. The van der Waals surface area contributed by atoms with E-state index >= 15 is 0 Å². The standard InChI is InChI=1S/C16H22O5/c1-18-14-5-7-15(19-2)12(10-14)11-21-16(17)8-6-13-4-3-9-20-13/h5,7,10,13H,3-4,6,8-9,11H2,1-2H3. The predicted molar refractivity (Wildman–Crippen MR) is 77.6 cm³/mol. The van der Waals surface area contributed by atoms with Crippen molar-refractivity contribution < 1.29 is 23.7 Å².